The predicted molar refractivity (Wildman–Crippen MR) is 118 cm³/mol. The number of hydrogen-bond donors (Lipinski definition) is 1. The lowest BCUT2D eigenvalue weighted by molar-refractivity contribution is -0.128. The number of hydrogen-bond acceptors (Lipinski definition) is 3. The van der Waals surface area contributed by atoms with E-state index in [2.05, 4.69) is 24.4 Å². The van der Waals surface area contributed by atoms with Gasteiger partial charge in [0.05, 0.1) is 13.2 Å². The summed E-state index contributed by atoms with van der Waals surface area (Å²) in [5.74, 6) is 1.46. The van der Waals surface area contributed by atoms with Gasteiger partial charge < -0.3 is 14.8 Å². The first-order chi connectivity index (χ1) is 14.0. The molecule has 0 saturated heterocycles. The molecule has 2 unspecified atom stereocenters. The smallest absolute Gasteiger partial charge is 0.261 e. The van der Waals surface area contributed by atoms with E-state index in [4.69, 9.17) is 9.47 Å². The quantitative estimate of drug-likeness (QED) is 0.545. The van der Waals surface area contributed by atoms with Gasteiger partial charge in [-0.3, -0.25) is 4.79 Å². The molecule has 3 aromatic rings. The molecule has 0 radical (unpaired) electrons. The first-order valence-corrected chi connectivity index (χ1v) is 10.2. The van der Waals surface area contributed by atoms with E-state index in [1.54, 1.807) is 7.11 Å². The maximum absolute atomic E-state index is 12.9. The third-order valence-electron chi connectivity index (χ3n) is 5.21. The summed E-state index contributed by atoms with van der Waals surface area (Å²) in [5, 5.41) is 5.40. The Labute approximate surface area is 172 Å². The number of methoxy groups -OCH3 is 1. The summed E-state index contributed by atoms with van der Waals surface area (Å²) in [5.41, 5.74) is 2.12. The molecule has 1 amide bonds. The van der Waals surface area contributed by atoms with Crippen molar-refractivity contribution in [2.75, 3.05) is 7.11 Å². The fourth-order valence-electron chi connectivity index (χ4n) is 3.53. The Balaban J connectivity index is 1.72. The molecular weight excluding hydrogens is 362 g/mol. The Kier molecular flexibility index (Phi) is 6.76. The van der Waals surface area contributed by atoms with Crippen LogP contribution in [0.1, 0.15) is 43.9 Å². The first kappa shape index (κ1) is 20.7. The van der Waals surface area contributed by atoms with Crippen molar-refractivity contribution in [3.8, 4) is 11.5 Å². The van der Waals surface area contributed by atoms with Crippen molar-refractivity contribution in [2.45, 2.75) is 45.8 Å². The van der Waals surface area contributed by atoms with Crippen molar-refractivity contribution in [2.24, 2.45) is 0 Å². The van der Waals surface area contributed by atoms with Crippen LogP contribution in [-0.2, 0) is 4.79 Å². The molecular formula is C25H29NO3. The van der Waals surface area contributed by atoms with Crippen LogP contribution >= 0.6 is 0 Å². The maximum Gasteiger partial charge on any atom is 0.261 e. The standard InChI is InChI=1S/C25H29NO3/c1-5-22(20-12-14-24(28-4)17(3)15-20)26-25(27)23(6-2)29-21-13-11-18-9-7-8-10-19(18)16-21/h7-16,22-23H,5-6H2,1-4H3,(H,26,27). The van der Waals surface area contributed by atoms with Crippen LogP contribution in [0.2, 0.25) is 0 Å². The number of benzene rings is 3. The highest BCUT2D eigenvalue weighted by Gasteiger charge is 2.22. The highest BCUT2D eigenvalue weighted by molar-refractivity contribution is 5.84. The van der Waals surface area contributed by atoms with Crippen molar-refractivity contribution < 1.29 is 14.3 Å². The summed E-state index contributed by atoms with van der Waals surface area (Å²) in [6.45, 7) is 6.04. The van der Waals surface area contributed by atoms with E-state index in [9.17, 15) is 4.79 Å². The van der Waals surface area contributed by atoms with Crippen molar-refractivity contribution in [1.29, 1.82) is 0 Å². The Morgan fingerprint density at radius 1 is 0.966 bits per heavy atom. The van der Waals surface area contributed by atoms with E-state index in [1.165, 1.54) is 0 Å². The van der Waals surface area contributed by atoms with Gasteiger partial charge in [0.15, 0.2) is 6.10 Å². The van der Waals surface area contributed by atoms with Crippen LogP contribution in [0.15, 0.2) is 60.7 Å². The zero-order chi connectivity index (χ0) is 20.8. The molecule has 2 atom stereocenters. The summed E-state index contributed by atoms with van der Waals surface area (Å²) < 4.78 is 11.4. The van der Waals surface area contributed by atoms with E-state index < -0.39 is 6.10 Å². The van der Waals surface area contributed by atoms with E-state index in [0.717, 1.165) is 34.1 Å². The highest BCUT2D eigenvalue weighted by Crippen LogP contribution is 2.25. The summed E-state index contributed by atoms with van der Waals surface area (Å²) in [6, 6.07) is 20.0. The van der Waals surface area contributed by atoms with Crippen LogP contribution in [0.4, 0.5) is 0 Å². The number of carbonyl (C=O) groups excluding carboxylic acids is 1. The molecule has 3 aromatic carbocycles. The number of carbonyl (C=O) groups is 1. The van der Waals surface area contributed by atoms with Gasteiger partial charge in [0.25, 0.3) is 5.91 Å². The summed E-state index contributed by atoms with van der Waals surface area (Å²) >= 11 is 0. The predicted octanol–water partition coefficient (Wildman–Crippen LogP) is 5.58. The van der Waals surface area contributed by atoms with Gasteiger partial charge in [-0.25, -0.2) is 0 Å². The van der Waals surface area contributed by atoms with Gasteiger partial charge in [0, 0.05) is 0 Å². The normalized spacial score (nSPS) is 13.0. The molecule has 3 rings (SSSR count). The number of rotatable bonds is 8. The van der Waals surface area contributed by atoms with Gasteiger partial charge in [0.1, 0.15) is 11.5 Å². The zero-order valence-electron chi connectivity index (χ0n) is 17.6. The summed E-state index contributed by atoms with van der Waals surface area (Å²) in [6.07, 6.45) is 0.852. The number of nitrogens with one attached hydrogen (secondary N) is 1. The van der Waals surface area contributed by atoms with Crippen LogP contribution in [-0.4, -0.2) is 19.1 Å². The highest BCUT2D eigenvalue weighted by atomic mass is 16.5. The number of ether oxygens (including phenoxy) is 2. The minimum atomic E-state index is -0.537. The lowest BCUT2D eigenvalue weighted by Gasteiger charge is -2.23. The molecule has 0 heterocycles. The fourth-order valence-corrected chi connectivity index (χ4v) is 3.53. The van der Waals surface area contributed by atoms with Gasteiger partial charge in [0.2, 0.25) is 0 Å². The Hall–Kier alpha value is -3.01. The number of amides is 1. The molecule has 4 nitrogen and oxygen atoms in total. The van der Waals surface area contributed by atoms with E-state index in [-0.39, 0.29) is 11.9 Å². The topological polar surface area (TPSA) is 47.6 Å². The molecule has 4 heteroatoms. The average molecular weight is 392 g/mol. The van der Waals surface area contributed by atoms with Crippen molar-refractivity contribution in [3.63, 3.8) is 0 Å². The zero-order valence-corrected chi connectivity index (χ0v) is 17.6. The molecule has 29 heavy (non-hydrogen) atoms. The van der Waals surface area contributed by atoms with Crippen molar-refractivity contribution in [1.82, 2.24) is 5.32 Å². The molecule has 152 valence electrons. The van der Waals surface area contributed by atoms with E-state index in [0.29, 0.717) is 12.2 Å². The Morgan fingerprint density at radius 3 is 2.38 bits per heavy atom. The Bertz CT molecular complexity index is 983. The maximum atomic E-state index is 12.9. The third-order valence-corrected chi connectivity index (χ3v) is 5.21. The minimum absolute atomic E-state index is 0.0682. The van der Waals surface area contributed by atoms with Crippen LogP contribution in [0.5, 0.6) is 11.5 Å². The SMILES string of the molecule is CCC(Oc1ccc2ccccc2c1)C(=O)NC(CC)c1ccc(OC)c(C)c1. The lowest BCUT2D eigenvalue weighted by Crippen LogP contribution is -2.40. The Morgan fingerprint density at radius 2 is 1.72 bits per heavy atom. The summed E-state index contributed by atoms with van der Waals surface area (Å²) in [4.78, 5) is 12.9. The molecule has 0 aliphatic carbocycles. The second-order valence-corrected chi connectivity index (χ2v) is 7.22. The van der Waals surface area contributed by atoms with E-state index >= 15 is 0 Å². The molecule has 0 bridgehead atoms. The molecule has 0 spiro atoms. The van der Waals surface area contributed by atoms with Crippen molar-refractivity contribution >= 4 is 16.7 Å². The summed E-state index contributed by atoms with van der Waals surface area (Å²) in [7, 11) is 1.66. The number of aryl methyl sites for hydroxylation is 1. The second-order valence-electron chi connectivity index (χ2n) is 7.22. The monoisotopic (exact) mass is 391 g/mol. The second kappa shape index (κ2) is 9.46. The third kappa shape index (κ3) is 4.89. The first-order valence-electron chi connectivity index (χ1n) is 10.2. The molecule has 0 aliphatic rings. The van der Waals surface area contributed by atoms with Gasteiger partial charge >= 0.3 is 0 Å². The largest absolute Gasteiger partial charge is 0.496 e. The van der Waals surface area contributed by atoms with Gasteiger partial charge in [-0.1, -0.05) is 56.3 Å². The molecule has 1 N–H and O–H groups in total. The van der Waals surface area contributed by atoms with Crippen LogP contribution in [0, 0.1) is 6.92 Å². The van der Waals surface area contributed by atoms with Gasteiger partial charge in [-0.15, -0.1) is 0 Å². The molecule has 0 aromatic heterocycles. The minimum Gasteiger partial charge on any atom is -0.496 e. The molecule has 0 fully saturated rings. The van der Waals surface area contributed by atoms with E-state index in [1.807, 2.05) is 62.4 Å². The average Bonchev–Trinajstić information content (AvgIpc) is 2.75. The van der Waals surface area contributed by atoms with Crippen molar-refractivity contribution in [3.05, 3.63) is 71.8 Å². The van der Waals surface area contributed by atoms with Crippen LogP contribution < -0.4 is 14.8 Å². The fraction of sp³-hybridized carbons (Fsp3) is 0.320. The van der Waals surface area contributed by atoms with Crippen LogP contribution in [0.25, 0.3) is 10.8 Å². The lowest BCUT2D eigenvalue weighted by atomic mass is 10.0. The molecule has 0 saturated carbocycles. The van der Waals surface area contributed by atoms with Crippen LogP contribution in [0.3, 0.4) is 0 Å². The van der Waals surface area contributed by atoms with Gasteiger partial charge in [-0.05, 0) is 59.9 Å². The van der Waals surface area contributed by atoms with Gasteiger partial charge in [-0.2, -0.15) is 0 Å². The number of fused-ring (bicyclic) bond motifs is 1. The molecule has 0 aliphatic heterocycles.